The number of amides is 1. The first-order valence-electron chi connectivity index (χ1n) is 11.7. The molecule has 182 valence electrons. The molecule has 1 amide bonds. The standard InChI is InChI=1S/C28H25FN4O2S/c1-17(34)31-25-15-19(11-12-30-25)27-28(32-21-5-3-2-4-6-21)26-23(33-27)13-18(14-24(26)35)16-36-22-9-7-20(29)8-10-22/h2-12,15,18,32-33H,13-14,16H2,1H3,(H,30,31,34). The van der Waals surface area contributed by atoms with Gasteiger partial charge in [0.15, 0.2) is 5.78 Å². The summed E-state index contributed by atoms with van der Waals surface area (Å²) in [4.78, 5) is 33.7. The van der Waals surface area contributed by atoms with Crippen LogP contribution >= 0.6 is 11.8 Å². The van der Waals surface area contributed by atoms with Gasteiger partial charge in [0, 0.05) is 47.1 Å². The monoisotopic (exact) mass is 500 g/mol. The summed E-state index contributed by atoms with van der Waals surface area (Å²) in [7, 11) is 0. The molecule has 0 radical (unpaired) electrons. The molecule has 0 saturated carbocycles. The van der Waals surface area contributed by atoms with Crippen LogP contribution in [0.4, 0.5) is 21.6 Å². The zero-order valence-electron chi connectivity index (χ0n) is 19.7. The quantitative estimate of drug-likeness (QED) is 0.254. The number of Topliss-reactive ketones (excluding diaryl/α,β-unsaturated/α-hetero) is 1. The third-order valence-electron chi connectivity index (χ3n) is 6.02. The van der Waals surface area contributed by atoms with Gasteiger partial charge in [-0.3, -0.25) is 9.59 Å². The number of aromatic amines is 1. The predicted molar refractivity (Wildman–Crippen MR) is 141 cm³/mol. The molecule has 1 unspecified atom stereocenters. The van der Waals surface area contributed by atoms with Crippen LogP contribution in [-0.2, 0) is 11.2 Å². The maximum Gasteiger partial charge on any atom is 0.222 e. The maximum absolute atomic E-state index is 13.4. The van der Waals surface area contributed by atoms with Gasteiger partial charge < -0.3 is 15.6 Å². The van der Waals surface area contributed by atoms with Crippen molar-refractivity contribution < 1.29 is 14.0 Å². The van der Waals surface area contributed by atoms with Gasteiger partial charge in [-0.15, -0.1) is 11.8 Å². The van der Waals surface area contributed by atoms with E-state index in [-0.39, 0.29) is 23.4 Å². The number of carbonyl (C=O) groups excluding carboxylic acids is 2. The minimum absolute atomic E-state index is 0.0815. The van der Waals surface area contributed by atoms with E-state index in [0.29, 0.717) is 17.8 Å². The van der Waals surface area contributed by atoms with Crippen molar-refractivity contribution in [2.75, 3.05) is 16.4 Å². The van der Waals surface area contributed by atoms with Crippen LogP contribution in [0.15, 0.2) is 77.8 Å². The zero-order valence-corrected chi connectivity index (χ0v) is 20.5. The number of hydrogen-bond acceptors (Lipinski definition) is 5. The Kier molecular flexibility index (Phi) is 6.86. The van der Waals surface area contributed by atoms with Crippen LogP contribution in [0.1, 0.15) is 29.4 Å². The number of rotatable bonds is 7. The second kappa shape index (κ2) is 10.4. The van der Waals surface area contributed by atoms with E-state index in [0.717, 1.165) is 45.4 Å². The highest BCUT2D eigenvalue weighted by Crippen LogP contribution is 2.41. The number of halogens is 1. The Labute approximate surface area is 212 Å². The average Bonchev–Trinajstić information content (AvgIpc) is 3.23. The van der Waals surface area contributed by atoms with E-state index in [1.54, 1.807) is 36.2 Å². The Hall–Kier alpha value is -3.91. The number of anilines is 3. The molecule has 1 atom stereocenters. The number of hydrogen-bond donors (Lipinski definition) is 3. The number of aromatic nitrogens is 2. The number of ketones is 1. The molecular formula is C28H25FN4O2S. The highest BCUT2D eigenvalue weighted by molar-refractivity contribution is 7.99. The first-order chi connectivity index (χ1) is 17.5. The zero-order chi connectivity index (χ0) is 25.1. The molecule has 3 N–H and O–H groups in total. The molecule has 0 saturated heterocycles. The Balaban J connectivity index is 1.47. The van der Waals surface area contributed by atoms with Crippen molar-refractivity contribution in [3.05, 3.63) is 90.0 Å². The molecule has 6 nitrogen and oxygen atoms in total. The molecule has 2 heterocycles. The van der Waals surface area contributed by atoms with Crippen molar-refractivity contribution in [1.29, 1.82) is 0 Å². The van der Waals surface area contributed by atoms with E-state index in [9.17, 15) is 14.0 Å². The molecule has 4 aromatic rings. The fourth-order valence-electron chi connectivity index (χ4n) is 4.44. The topological polar surface area (TPSA) is 86.9 Å². The van der Waals surface area contributed by atoms with Crippen LogP contribution < -0.4 is 10.6 Å². The SMILES string of the molecule is CC(=O)Nc1cc(-c2[nH]c3c(c2Nc2ccccc2)C(=O)CC(CSc2ccc(F)cc2)C3)ccn1. The minimum Gasteiger partial charge on any atom is -0.356 e. The number of fused-ring (bicyclic) bond motifs is 1. The van der Waals surface area contributed by atoms with Crippen LogP contribution in [0.2, 0.25) is 0 Å². The van der Waals surface area contributed by atoms with E-state index >= 15 is 0 Å². The number of pyridine rings is 1. The number of H-pyrrole nitrogens is 1. The Morgan fingerprint density at radius 2 is 1.89 bits per heavy atom. The van der Waals surface area contributed by atoms with Gasteiger partial charge in [0.05, 0.1) is 16.9 Å². The van der Waals surface area contributed by atoms with Crippen LogP contribution in [0.3, 0.4) is 0 Å². The van der Waals surface area contributed by atoms with Crippen molar-refractivity contribution >= 4 is 40.6 Å². The normalized spacial score (nSPS) is 14.8. The van der Waals surface area contributed by atoms with Gasteiger partial charge in [-0.2, -0.15) is 0 Å². The second-order valence-electron chi connectivity index (χ2n) is 8.79. The summed E-state index contributed by atoms with van der Waals surface area (Å²) < 4.78 is 13.2. The van der Waals surface area contributed by atoms with E-state index < -0.39 is 0 Å². The molecule has 2 aromatic heterocycles. The molecule has 8 heteroatoms. The molecule has 0 aliphatic heterocycles. The van der Waals surface area contributed by atoms with Crippen LogP contribution in [0.25, 0.3) is 11.3 Å². The summed E-state index contributed by atoms with van der Waals surface area (Å²) in [5.41, 5.74) is 4.76. The van der Waals surface area contributed by atoms with Gasteiger partial charge in [0.2, 0.25) is 5.91 Å². The third-order valence-corrected chi connectivity index (χ3v) is 7.26. The van der Waals surface area contributed by atoms with Gasteiger partial charge >= 0.3 is 0 Å². The first kappa shape index (κ1) is 23.8. The molecule has 1 aliphatic rings. The molecule has 2 aromatic carbocycles. The number of para-hydroxylation sites is 1. The van der Waals surface area contributed by atoms with Gasteiger partial charge in [-0.1, -0.05) is 18.2 Å². The number of benzene rings is 2. The van der Waals surface area contributed by atoms with Crippen molar-refractivity contribution in [3.8, 4) is 11.3 Å². The number of thioether (sulfide) groups is 1. The van der Waals surface area contributed by atoms with Crippen LogP contribution in [-0.4, -0.2) is 27.4 Å². The predicted octanol–water partition coefficient (Wildman–Crippen LogP) is 6.46. The molecule has 0 fully saturated rings. The van der Waals surface area contributed by atoms with Crippen molar-refractivity contribution in [3.63, 3.8) is 0 Å². The average molecular weight is 501 g/mol. The van der Waals surface area contributed by atoms with E-state index in [4.69, 9.17) is 0 Å². The van der Waals surface area contributed by atoms with Gasteiger partial charge in [-0.05, 0) is 60.9 Å². The number of carbonyl (C=O) groups is 2. The smallest absolute Gasteiger partial charge is 0.222 e. The van der Waals surface area contributed by atoms with Gasteiger partial charge in [-0.25, -0.2) is 9.37 Å². The minimum atomic E-state index is -0.257. The fourth-order valence-corrected chi connectivity index (χ4v) is 5.43. The Morgan fingerprint density at radius 1 is 1.11 bits per heavy atom. The van der Waals surface area contributed by atoms with Crippen LogP contribution in [0.5, 0.6) is 0 Å². The molecule has 5 rings (SSSR count). The summed E-state index contributed by atoms with van der Waals surface area (Å²) in [6.45, 7) is 1.44. The summed E-state index contributed by atoms with van der Waals surface area (Å²) >= 11 is 1.63. The molecule has 0 spiro atoms. The van der Waals surface area contributed by atoms with Crippen molar-refractivity contribution in [2.45, 2.75) is 24.7 Å². The second-order valence-corrected chi connectivity index (χ2v) is 9.89. The number of nitrogens with one attached hydrogen (secondary N) is 3. The lowest BCUT2D eigenvalue weighted by Gasteiger charge is -2.22. The van der Waals surface area contributed by atoms with Crippen molar-refractivity contribution in [2.24, 2.45) is 5.92 Å². The van der Waals surface area contributed by atoms with E-state index in [2.05, 4.69) is 20.6 Å². The van der Waals surface area contributed by atoms with E-state index in [1.807, 2.05) is 36.4 Å². The largest absolute Gasteiger partial charge is 0.356 e. The number of nitrogens with zero attached hydrogens (tertiary/aromatic N) is 1. The summed E-state index contributed by atoms with van der Waals surface area (Å²) in [6, 6.07) is 19.8. The van der Waals surface area contributed by atoms with Crippen molar-refractivity contribution in [1.82, 2.24) is 9.97 Å². The lowest BCUT2D eigenvalue weighted by molar-refractivity contribution is -0.114. The molecular weight excluding hydrogens is 475 g/mol. The highest BCUT2D eigenvalue weighted by Gasteiger charge is 2.32. The Bertz CT molecular complexity index is 1400. The fraction of sp³-hybridized carbons (Fsp3) is 0.179. The first-order valence-corrected chi connectivity index (χ1v) is 12.7. The van der Waals surface area contributed by atoms with Gasteiger partial charge in [0.1, 0.15) is 11.6 Å². The lowest BCUT2D eigenvalue weighted by atomic mass is 9.87. The lowest BCUT2D eigenvalue weighted by Crippen LogP contribution is -2.21. The van der Waals surface area contributed by atoms with E-state index in [1.165, 1.54) is 19.1 Å². The summed E-state index contributed by atoms with van der Waals surface area (Å²) in [5.74, 6) is 0.977. The molecule has 0 bridgehead atoms. The third kappa shape index (κ3) is 5.33. The highest BCUT2D eigenvalue weighted by atomic mass is 32.2. The maximum atomic E-state index is 13.4. The Morgan fingerprint density at radius 3 is 2.64 bits per heavy atom. The summed E-state index contributed by atoms with van der Waals surface area (Å²) in [5, 5.41) is 6.17. The van der Waals surface area contributed by atoms with Crippen LogP contribution in [0, 0.1) is 11.7 Å². The molecule has 1 aliphatic carbocycles. The summed E-state index contributed by atoms with van der Waals surface area (Å²) in [6.07, 6.45) is 2.80. The van der Waals surface area contributed by atoms with Gasteiger partial charge in [0.25, 0.3) is 0 Å². The molecule has 36 heavy (non-hydrogen) atoms.